The smallest absolute Gasteiger partial charge is 0.121 e. The molecule has 2 aromatic rings. The topological polar surface area (TPSA) is 22.0 Å². The standard InChI is InChI=1S/C14H15NO/c16-10-4-8-15-9-7-14(12-15)11-13-5-2-1-3-6-13/h1-3,5-7,9-10,12H,4,8,11H2. The van der Waals surface area contributed by atoms with Crippen LogP contribution in [0, 0.1) is 0 Å². The molecule has 2 heteroatoms. The van der Waals surface area contributed by atoms with Crippen LogP contribution in [0.5, 0.6) is 0 Å². The number of hydrogen-bond donors (Lipinski definition) is 0. The maximum Gasteiger partial charge on any atom is 0.121 e. The number of aldehydes is 1. The van der Waals surface area contributed by atoms with E-state index in [0.717, 1.165) is 19.3 Å². The first-order valence-electron chi connectivity index (χ1n) is 5.51. The molecular weight excluding hydrogens is 198 g/mol. The minimum Gasteiger partial charge on any atom is -0.354 e. The molecule has 1 aromatic heterocycles. The molecule has 0 radical (unpaired) electrons. The summed E-state index contributed by atoms with van der Waals surface area (Å²) in [6.07, 6.45) is 6.63. The third-order valence-electron chi connectivity index (χ3n) is 2.57. The van der Waals surface area contributed by atoms with Gasteiger partial charge in [0, 0.05) is 25.4 Å². The van der Waals surface area contributed by atoms with Crippen LogP contribution in [0.25, 0.3) is 0 Å². The van der Waals surface area contributed by atoms with E-state index < -0.39 is 0 Å². The summed E-state index contributed by atoms with van der Waals surface area (Å²) in [5, 5.41) is 0. The van der Waals surface area contributed by atoms with Gasteiger partial charge in [0.1, 0.15) is 6.29 Å². The predicted molar refractivity (Wildman–Crippen MR) is 64.4 cm³/mol. The van der Waals surface area contributed by atoms with Gasteiger partial charge in [-0.2, -0.15) is 0 Å². The molecule has 0 spiro atoms. The molecule has 0 fully saturated rings. The molecule has 1 heterocycles. The summed E-state index contributed by atoms with van der Waals surface area (Å²) in [6.45, 7) is 0.776. The lowest BCUT2D eigenvalue weighted by molar-refractivity contribution is -0.108. The van der Waals surface area contributed by atoms with Gasteiger partial charge in [0.15, 0.2) is 0 Å². The van der Waals surface area contributed by atoms with Crippen LogP contribution in [0.1, 0.15) is 17.5 Å². The lowest BCUT2D eigenvalue weighted by Crippen LogP contribution is -1.94. The molecule has 0 aliphatic rings. The van der Waals surface area contributed by atoms with Gasteiger partial charge < -0.3 is 9.36 Å². The Morgan fingerprint density at radius 1 is 1.06 bits per heavy atom. The molecule has 0 amide bonds. The summed E-state index contributed by atoms with van der Waals surface area (Å²) in [5.74, 6) is 0. The normalized spacial score (nSPS) is 10.2. The highest BCUT2D eigenvalue weighted by Crippen LogP contribution is 2.09. The summed E-state index contributed by atoms with van der Waals surface area (Å²) in [5.41, 5.74) is 2.60. The van der Waals surface area contributed by atoms with Crippen LogP contribution < -0.4 is 0 Å². The van der Waals surface area contributed by atoms with E-state index in [4.69, 9.17) is 0 Å². The summed E-state index contributed by atoms with van der Waals surface area (Å²) in [6, 6.07) is 12.5. The molecule has 2 nitrogen and oxygen atoms in total. The van der Waals surface area contributed by atoms with Gasteiger partial charge in [0.2, 0.25) is 0 Å². The van der Waals surface area contributed by atoms with E-state index in [2.05, 4.69) is 41.1 Å². The van der Waals surface area contributed by atoms with Gasteiger partial charge in [-0.1, -0.05) is 30.3 Å². The minimum absolute atomic E-state index is 0.583. The van der Waals surface area contributed by atoms with Crippen LogP contribution in [-0.2, 0) is 17.8 Å². The third-order valence-corrected chi connectivity index (χ3v) is 2.57. The second-order valence-electron chi connectivity index (χ2n) is 3.88. The zero-order valence-electron chi connectivity index (χ0n) is 9.17. The van der Waals surface area contributed by atoms with Gasteiger partial charge in [-0.25, -0.2) is 0 Å². The second kappa shape index (κ2) is 5.31. The molecule has 16 heavy (non-hydrogen) atoms. The Labute approximate surface area is 95.5 Å². The molecule has 2 rings (SSSR count). The maximum atomic E-state index is 10.3. The van der Waals surface area contributed by atoms with E-state index in [9.17, 15) is 4.79 Å². The minimum atomic E-state index is 0.583. The van der Waals surface area contributed by atoms with E-state index in [1.165, 1.54) is 11.1 Å². The molecular formula is C14H15NO. The Morgan fingerprint density at radius 2 is 1.88 bits per heavy atom. The first-order valence-corrected chi connectivity index (χ1v) is 5.51. The molecule has 0 aliphatic carbocycles. The Kier molecular flexibility index (Phi) is 3.54. The number of rotatable bonds is 5. The van der Waals surface area contributed by atoms with Gasteiger partial charge in [-0.05, 0) is 23.6 Å². The van der Waals surface area contributed by atoms with Gasteiger partial charge in [0.25, 0.3) is 0 Å². The fourth-order valence-electron chi connectivity index (χ4n) is 1.77. The van der Waals surface area contributed by atoms with Gasteiger partial charge in [-0.15, -0.1) is 0 Å². The van der Waals surface area contributed by atoms with Crippen LogP contribution in [0.2, 0.25) is 0 Å². The average molecular weight is 213 g/mol. The highest BCUT2D eigenvalue weighted by molar-refractivity contribution is 5.49. The van der Waals surface area contributed by atoms with Crippen molar-refractivity contribution in [2.45, 2.75) is 19.4 Å². The van der Waals surface area contributed by atoms with Gasteiger partial charge >= 0.3 is 0 Å². The van der Waals surface area contributed by atoms with Crippen LogP contribution >= 0.6 is 0 Å². The second-order valence-corrected chi connectivity index (χ2v) is 3.88. The molecule has 82 valence electrons. The largest absolute Gasteiger partial charge is 0.354 e. The Hall–Kier alpha value is -1.83. The predicted octanol–water partition coefficient (Wildman–Crippen LogP) is 2.67. The van der Waals surface area contributed by atoms with Crippen LogP contribution in [0.4, 0.5) is 0 Å². The highest BCUT2D eigenvalue weighted by Gasteiger charge is 1.98. The molecule has 0 aliphatic heterocycles. The number of nitrogens with zero attached hydrogens (tertiary/aromatic N) is 1. The summed E-state index contributed by atoms with van der Waals surface area (Å²) in [4.78, 5) is 10.3. The molecule has 0 unspecified atom stereocenters. The number of hydrogen-bond acceptors (Lipinski definition) is 1. The van der Waals surface area contributed by atoms with E-state index >= 15 is 0 Å². The number of carbonyl (C=O) groups excluding carboxylic acids is 1. The van der Waals surface area contributed by atoms with Crippen molar-refractivity contribution in [3.8, 4) is 0 Å². The SMILES string of the molecule is O=CCCn1ccc(Cc2ccccc2)c1. The summed E-state index contributed by atoms with van der Waals surface area (Å²) < 4.78 is 2.06. The fourth-order valence-corrected chi connectivity index (χ4v) is 1.77. The van der Waals surface area contributed by atoms with E-state index in [0.29, 0.717) is 6.42 Å². The summed E-state index contributed by atoms with van der Waals surface area (Å²) >= 11 is 0. The molecule has 1 aromatic carbocycles. The van der Waals surface area contributed by atoms with E-state index in [1.807, 2.05) is 12.3 Å². The average Bonchev–Trinajstić information content (AvgIpc) is 2.75. The van der Waals surface area contributed by atoms with Crippen molar-refractivity contribution >= 4 is 6.29 Å². The van der Waals surface area contributed by atoms with Crippen molar-refractivity contribution in [1.29, 1.82) is 0 Å². The Balaban J connectivity index is 2.00. The maximum absolute atomic E-state index is 10.3. The quantitative estimate of drug-likeness (QED) is 0.700. The van der Waals surface area contributed by atoms with Crippen LogP contribution in [0.3, 0.4) is 0 Å². The molecule has 0 N–H and O–H groups in total. The molecule has 0 bridgehead atoms. The Morgan fingerprint density at radius 3 is 2.62 bits per heavy atom. The van der Waals surface area contributed by atoms with Crippen molar-refractivity contribution in [1.82, 2.24) is 4.57 Å². The number of aryl methyl sites for hydroxylation is 1. The van der Waals surface area contributed by atoms with Crippen LogP contribution in [0.15, 0.2) is 48.8 Å². The third kappa shape index (κ3) is 2.83. The van der Waals surface area contributed by atoms with E-state index in [-0.39, 0.29) is 0 Å². The highest BCUT2D eigenvalue weighted by atomic mass is 16.1. The lowest BCUT2D eigenvalue weighted by Gasteiger charge is -1.99. The van der Waals surface area contributed by atoms with Crippen molar-refractivity contribution in [3.63, 3.8) is 0 Å². The lowest BCUT2D eigenvalue weighted by atomic mass is 10.1. The fraction of sp³-hybridized carbons (Fsp3) is 0.214. The molecule has 0 saturated heterocycles. The number of aromatic nitrogens is 1. The first kappa shape index (κ1) is 10.7. The van der Waals surface area contributed by atoms with Crippen molar-refractivity contribution in [3.05, 3.63) is 59.9 Å². The van der Waals surface area contributed by atoms with Crippen LogP contribution in [-0.4, -0.2) is 10.9 Å². The zero-order chi connectivity index (χ0) is 11.2. The van der Waals surface area contributed by atoms with Crippen molar-refractivity contribution in [2.24, 2.45) is 0 Å². The summed E-state index contributed by atoms with van der Waals surface area (Å²) in [7, 11) is 0. The number of benzene rings is 1. The monoisotopic (exact) mass is 213 g/mol. The van der Waals surface area contributed by atoms with Crippen molar-refractivity contribution < 1.29 is 4.79 Å². The van der Waals surface area contributed by atoms with Crippen molar-refractivity contribution in [2.75, 3.05) is 0 Å². The first-order chi connectivity index (χ1) is 7.88. The van der Waals surface area contributed by atoms with E-state index in [1.54, 1.807) is 0 Å². The zero-order valence-corrected chi connectivity index (χ0v) is 9.17. The number of carbonyl (C=O) groups is 1. The molecule has 0 atom stereocenters. The van der Waals surface area contributed by atoms with Gasteiger partial charge in [-0.3, -0.25) is 0 Å². The molecule has 0 saturated carbocycles. The van der Waals surface area contributed by atoms with Gasteiger partial charge in [0.05, 0.1) is 0 Å². The Bertz CT molecular complexity index is 445.